The van der Waals surface area contributed by atoms with Crippen molar-refractivity contribution in [2.75, 3.05) is 5.32 Å². The third-order valence-electron chi connectivity index (χ3n) is 1.69. The number of nitrogens with zero attached hydrogens (tertiary/aromatic N) is 3. The first kappa shape index (κ1) is 9.85. The second kappa shape index (κ2) is 4.22. The van der Waals surface area contributed by atoms with E-state index >= 15 is 0 Å². The molecule has 0 atom stereocenters. The van der Waals surface area contributed by atoms with Gasteiger partial charge in [0.2, 0.25) is 5.28 Å². The predicted octanol–water partition coefficient (Wildman–Crippen LogP) is 1.60. The summed E-state index contributed by atoms with van der Waals surface area (Å²) in [7, 11) is 0. The summed E-state index contributed by atoms with van der Waals surface area (Å²) < 4.78 is 13.1. The first-order valence-corrected chi connectivity index (χ1v) is 4.53. The molecule has 0 radical (unpaired) electrons. The minimum Gasteiger partial charge on any atom is -0.360 e. The Bertz CT molecular complexity index is 444. The molecule has 0 amide bonds. The highest BCUT2D eigenvalue weighted by Gasteiger charge is 2.05. The molecule has 2 N–H and O–H groups in total. The number of aromatic amines is 1. The van der Waals surface area contributed by atoms with E-state index in [1.54, 1.807) is 12.4 Å². The van der Waals surface area contributed by atoms with Gasteiger partial charge in [-0.05, 0) is 11.6 Å². The molecule has 2 aromatic rings. The monoisotopic (exact) mass is 227 g/mol. The van der Waals surface area contributed by atoms with Crippen molar-refractivity contribution in [3.05, 3.63) is 35.5 Å². The van der Waals surface area contributed by atoms with Crippen molar-refractivity contribution in [1.29, 1.82) is 0 Å². The van der Waals surface area contributed by atoms with Crippen LogP contribution in [0, 0.1) is 5.82 Å². The summed E-state index contributed by atoms with van der Waals surface area (Å²) in [5, 5.41) is 2.75. The molecular weight excluding hydrogens is 221 g/mol. The van der Waals surface area contributed by atoms with Crippen molar-refractivity contribution in [2.45, 2.75) is 6.54 Å². The van der Waals surface area contributed by atoms with E-state index in [9.17, 15) is 4.39 Å². The van der Waals surface area contributed by atoms with Crippen molar-refractivity contribution in [3.8, 4) is 0 Å². The van der Waals surface area contributed by atoms with Crippen molar-refractivity contribution in [3.63, 3.8) is 0 Å². The van der Waals surface area contributed by atoms with Gasteiger partial charge in [0, 0.05) is 12.4 Å². The first-order chi connectivity index (χ1) is 7.25. The Labute approximate surface area is 89.7 Å². The summed E-state index contributed by atoms with van der Waals surface area (Å²) in [5.41, 5.74) is 0. The van der Waals surface area contributed by atoms with E-state index in [1.165, 1.54) is 0 Å². The number of hydrogen-bond donors (Lipinski definition) is 2. The van der Waals surface area contributed by atoms with Crippen LogP contribution in [0.1, 0.15) is 5.82 Å². The van der Waals surface area contributed by atoms with E-state index in [-0.39, 0.29) is 11.1 Å². The van der Waals surface area contributed by atoms with Gasteiger partial charge in [-0.15, -0.1) is 0 Å². The molecule has 7 heteroatoms. The number of H-pyrrole nitrogens is 1. The maximum atomic E-state index is 13.1. The van der Waals surface area contributed by atoms with Crippen LogP contribution in [-0.2, 0) is 6.54 Å². The lowest BCUT2D eigenvalue weighted by Gasteiger charge is -2.03. The second-order valence-corrected chi connectivity index (χ2v) is 3.06. The van der Waals surface area contributed by atoms with Gasteiger partial charge in [-0.3, -0.25) is 0 Å². The van der Waals surface area contributed by atoms with Gasteiger partial charge in [0.1, 0.15) is 5.82 Å². The molecule has 0 fully saturated rings. The lowest BCUT2D eigenvalue weighted by atomic mass is 10.5. The molecule has 2 heterocycles. The van der Waals surface area contributed by atoms with Crippen LogP contribution in [-0.4, -0.2) is 19.9 Å². The smallest absolute Gasteiger partial charge is 0.224 e. The molecule has 0 unspecified atom stereocenters. The molecular formula is C8H7ClFN5. The van der Waals surface area contributed by atoms with E-state index < -0.39 is 5.82 Å². The summed E-state index contributed by atoms with van der Waals surface area (Å²) >= 11 is 5.53. The van der Waals surface area contributed by atoms with Gasteiger partial charge in [0.25, 0.3) is 0 Å². The maximum absolute atomic E-state index is 13.1. The van der Waals surface area contributed by atoms with E-state index in [0.29, 0.717) is 12.4 Å². The molecule has 15 heavy (non-hydrogen) atoms. The highest BCUT2D eigenvalue weighted by atomic mass is 35.5. The second-order valence-electron chi connectivity index (χ2n) is 2.72. The fraction of sp³-hybridized carbons (Fsp3) is 0.125. The highest BCUT2D eigenvalue weighted by molar-refractivity contribution is 6.28. The molecule has 0 aliphatic rings. The summed E-state index contributed by atoms with van der Waals surface area (Å²) in [6, 6.07) is 0. The summed E-state index contributed by atoms with van der Waals surface area (Å²) in [6.45, 7) is 0.345. The van der Waals surface area contributed by atoms with Gasteiger partial charge in [0.15, 0.2) is 11.6 Å². The predicted molar refractivity (Wildman–Crippen MR) is 52.9 cm³/mol. The largest absolute Gasteiger partial charge is 0.360 e. The van der Waals surface area contributed by atoms with Crippen LogP contribution in [0.15, 0.2) is 18.6 Å². The molecule has 0 bridgehead atoms. The van der Waals surface area contributed by atoms with Crippen LogP contribution in [0.3, 0.4) is 0 Å². The van der Waals surface area contributed by atoms with Gasteiger partial charge < -0.3 is 10.3 Å². The van der Waals surface area contributed by atoms with E-state index in [4.69, 9.17) is 11.6 Å². The molecule has 0 aliphatic heterocycles. The van der Waals surface area contributed by atoms with Crippen LogP contribution >= 0.6 is 11.6 Å². The van der Waals surface area contributed by atoms with E-state index in [1.807, 2.05) is 0 Å². The zero-order chi connectivity index (χ0) is 10.7. The molecule has 0 aliphatic carbocycles. The number of hydrogen-bond acceptors (Lipinski definition) is 4. The average molecular weight is 228 g/mol. The molecule has 0 saturated heterocycles. The Balaban J connectivity index is 2.07. The number of anilines is 1. The minimum absolute atomic E-state index is 0.00153. The third-order valence-corrected chi connectivity index (χ3v) is 1.87. The van der Waals surface area contributed by atoms with Crippen LogP contribution < -0.4 is 5.32 Å². The quantitative estimate of drug-likeness (QED) is 0.782. The van der Waals surface area contributed by atoms with Crippen LogP contribution in [0.5, 0.6) is 0 Å². The van der Waals surface area contributed by atoms with Crippen molar-refractivity contribution < 1.29 is 4.39 Å². The molecule has 0 aromatic carbocycles. The normalized spacial score (nSPS) is 10.3. The number of aromatic nitrogens is 4. The fourth-order valence-electron chi connectivity index (χ4n) is 1.03. The Kier molecular flexibility index (Phi) is 2.77. The third kappa shape index (κ3) is 2.41. The van der Waals surface area contributed by atoms with Gasteiger partial charge in [-0.1, -0.05) is 0 Å². The maximum Gasteiger partial charge on any atom is 0.224 e. The van der Waals surface area contributed by atoms with Gasteiger partial charge in [-0.25, -0.2) is 14.4 Å². The fourth-order valence-corrected chi connectivity index (χ4v) is 1.16. The topological polar surface area (TPSA) is 66.5 Å². The first-order valence-electron chi connectivity index (χ1n) is 4.16. The Morgan fingerprint density at radius 1 is 1.47 bits per heavy atom. The molecule has 0 spiro atoms. The number of nitrogens with one attached hydrogen (secondary N) is 2. The number of rotatable bonds is 3. The van der Waals surface area contributed by atoms with Crippen molar-refractivity contribution >= 4 is 17.4 Å². The SMILES string of the molecule is Fc1cnc(Cl)nc1NCc1ncc[nH]1. The van der Waals surface area contributed by atoms with Crippen LogP contribution in [0.25, 0.3) is 0 Å². The Hall–Kier alpha value is -1.69. The standard InChI is InChI=1S/C8H7ClFN5/c9-8-14-3-5(10)7(15-8)13-4-6-11-1-2-12-6/h1-3H,4H2,(H,11,12)(H,13,14,15). The van der Waals surface area contributed by atoms with Gasteiger partial charge in [-0.2, -0.15) is 4.98 Å². The zero-order valence-corrected chi connectivity index (χ0v) is 8.29. The molecule has 2 rings (SSSR count). The summed E-state index contributed by atoms with van der Waals surface area (Å²) in [5.74, 6) is 0.196. The summed E-state index contributed by atoms with van der Waals surface area (Å²) in [4.78, 5) is 14.0. The van der Waals surface area contributed by atoms with Crippen LogP contribution in [0.2, 0.25) is 5.28 Å². The molecule has 5 nitrogen and oxygen atoms in total. The lowest BCUT2D eigenvalue weighted by Crippen LogP contribution is -2.05. The number of halogens is 2. The average Bonchev–Trinajstić information content (AvgIpc) is 2.72. The van der Waals surface area contributed by atoms with Crippen LogP contribution in [0.4, 0.5) is 10.2 Å². The van der Waals surface area contributed by atoms with Gasteiger partial charge >= 0.3 is 0 Å². The van der Waals surface area contributed by atoms with Crippen molar-refractivity contribution in [1.82, 2.24) is 19.9 Å². The minimum atomic E-state index is -0.550. The molecule has 2 aromatic heterocycles. The van der Waals surface area contributed by atoms with E-state index in [0.717, 1.165) is 6.20 Å². The number of imidazole rings is 1. The highest BCUT2D eigenvalue weighted by Crippen LogP contribution is 2.12. The van der Waals surface area contributed by atoms with Gasteiger partial charge in [0.05, 0.1) is 12.7 Å². The Morgan fingerprint density at radius 2 is 2.33 bits per heavy atom. The zero-order valence-electron chi connectivity index (χ0n) is 7.54. The Morgan fingerprint density at radius 3 is 3.07 bits per heavy atom. The lowest BCUT2D eigenvalue weighted by molar-refractivity contribution is 0.616. The molecule has 0 saturated carbocycles. The molecule has 78 valence electrons. The summed E-state index contributed by atoms with van der Waals surface area (Å²) in [6.07, 6.45) is 4.31. The van der Waals surface area contributed by atoms with Crippen molar-refractivity contribution in [2.24, 2.45) is 0 Å². The van der Waals surface area contributed by atoms with E-state index in [2.05, 4.69) is 25.3 Å².